The highest BCUT2D eigenvalue weighted by atomic mass is 16.5. The highest BCUT2D eigenvalue weighted by molar-refractivity contribution is 6.20. The van der Waals surface area contributed by atoms with Crippen LogP contribution in [0.25, 0.3) is 10.9 Å². The Balaban J connectivity index is 1.56. The Morgan fingerprint density at radius 2 is 1.90 bits per heavy atom. The fourth-order valence-corrected chi connectivity index (χ4v) is 4.80. The Morgan fingerprint density at radius 1 is 1.14 bits per heavy atom. The number of H-pyrrole nitrogens is 1. The van der Waals surface area contributed by atoms with Gasteiger partial charge in [-0.2, -0.15) is 0 Å². The number of nitrogens with one attached hydrogen (secondary N) is 1. The minimum Gasteiger partial charge on any atom is -0.490 e. The second kappa shape index (κ2) is 6.36. The fraction of sp³-hybridized carbons (Fsp3) is 0.375. The van der Waals surface area contributed by atoms with Crippen molar-refractivity contribution in [2.75, 3.05) is 25.9 Å². The Hall–Kier alpha value is -2.79. The number of nitrogens with zero attached hydrogens (tertiary/aromatic N) is 1. The third kappa shape index (κ3) is 2.84. The van der Waals surface area contributed by atoms with Crippen LogP contribution in [-0.4, -0.2) is 41.9 Å². The van der Waals surface area contributed by atoms with Crippen LogP contribution in [0.5, 0.6) is 5.75 Å². The van der Waals surface area contributed by atoms with Crippen LogP contribution in [0.2, 0.25) is 0 Å². The summed E-state index contributed by atoms with van der Waals surface area (Å²) in [6, 6.07) is 11.6. The average molecular weight is 389 g/mol. The number of carbonyl (C=O) groups excluding carboxylic acids is 1. The van der Waals surface area contributed by atoms with Crippen molar-refractivity contribution in [1.82, 2.24) is 9.88 Å². The summed E-state index contributed by atoms with van der Waals surface area (Å²) in [7, 11) is 2.15. The van der Waals surface area contributed by atoms with Gasteiger partial charge in [-0.3, -0.25) is 4.79 Å². The van der Waals surface area contributed by atoms with Gasteiger partial charge in [-0.15, -0.1) is 0 Å². The molecule has 150 valence electrons. The maximum atomic E-state index is 13.4. The monoisotopic (exact) mass is 389 g/mol. The summed E-state index contributed by atoms with van der Waals surface area (Å²) in [4.78, 5) is 19.2. The van der Waals surface area contributed by atoms with Gasteiger partial charge in [-0.25, -0.2) is 0 Å². The number of aromatic amines is 1. The van der Waals surface area contributed by atoms with Gasteiger partial charge < -0.3 is 20.4 Å². The van der Waals surface area contributed by atoms with Crippen LogP contribution in [0.15, 0.2) is 36.4 Å². The number of nitrogen functional groups attached to an aromatic ring is 1. The standard InChI is InChI=1S/C24H27N3O2/c1-24(2)19-13-16(29-15-8-10-27(3)11-9-15)5-7-17(19)22(28)21-18-6-4-14(25)12-20(18)26-23(21)24/h4-7,12-13,15,26H,8-11,25H2,1-3H3. The number of fused-ring (bicyclic) bond motifs is 4. The van der Waals surface area contributed by atoms with E-state index in [1.165, 1.54) is 0 Å². The van der Waals surface area contributed by atoms with E-state index in [0.717, 1.165) is 65.0 Å². The molecule has 0 radical (unpaired) electrons. The smallest absolute Gasteiger partial charge is 0.195 e. The maximum Gasteiger partial charge on any atom is 0.195 e. The summed E-state index contributed by atoms with van der Waals surface area (Å²) >= 11 is 0. The molecule has 0 saturated carbocycles. The number of hydrogen-bond acceptors (Lipinski definition) is 4. The van der Waals surface area contributed by atoms with E-state index in [4.69, 9.17) is 10.5 Å². The first-order valence-electron chi connectivity index (χ1n) is 10.3. The van der Waals surface area contributed by atoms with Gasteiger partial charge in [0.25, 0.3) is 0 Å². The van der Waals surface area contributed by atoms with Crippen molar-refractivity contribution in [3.63, 3.8) is 0 Å². The Kier molecular flexibility index (Phi) is 4.00. The summed E-state index contributed by atoms with van der Waals surface area (Å²) in [5.41, 5.74) is 10.7. The van der Waals surface area contributed by atoms with E-state index in [0.29, 0.717) is 5.69 Å². The van der Waals surface area contributed by atoms with Crippen LogP contribution in [0.1, 0.15) is 53.9 Å². The topological polar surface area (TPSA) is 71.3 Å². The van der Waals surface area contributed by atoms with Crippen molar-refractivity contribution >= 4 is 22.4 Å². The summed E-state index contributed by atoms with van der Waals surface area (Å²) in [5.74, 6) is 0.916. The van der Waals surface area contributed by atoms with Crippen molar-refractivity contribution in [3.8, 4) is 5.75 Å². The van der Waals surface area contributed by atoms with Crippen LogP contribution in [-0.2, 0) is 5.41 Å². The molecule has 5 heteroatoms. The number of piperidine rings is 1. The van der Waals surface area contributed by atoms with E-state index >= 15 is 0 Å². The first kappa shape index (κ1) is 18.3. The highest BCUT2D eigenvalue weighted by Crippen LogP contribution is 2.45. The largest absolute Gasteiger partial charge is 0.490 e. The van der Waals surface area contributed by atoms with Crippen LogP contribution in [0.4, 0.5) is 5.69 Å². The zero-order chi connectivity index (χ0) is 20.3. The molecule has 3 aromatic rings. The summed E-state index contributed by atoms with van der Waals surface area (Å²) < 4.78 is 6.30. The summed E-state index contributed by atoms with van der Waals surface area (Å²) in [5, 5.41) is 0.935. The molecule has 0 bridgehead atoms. The molecule has 1 aliphatic carbocycles. The number of rotatable bonds is 2. The molecule has 0 atom stereocenters. The van der Waals surface area contributed by atoms with E-state index in [2.05, 4.69) is 36.8 Å². The second-order valence-electron chi connectivity index (χ2n) is 8.96. The second-order valence-corrected chi connectivity index (χ2v) is 8.96. The molecule has 3 N–H and O–H groups in total. The molecule has 0 spiro atoms. The summed E-state index contributed by atoms with van der Waals surface area (Å²) in [6.07, 6.45) is 2.30. The van der Waals surface area contributed by atoms with Crippen LogP contribution < -0.4 is 10.5 Å². The van der Waals surface area contributed by atoms with Crippen LogP contribution in [0, 0.1) is 0 Å². The lowest BCUT2D eigenvalue weighted by Crippen LogP contribution is -2.36. The van der Waals surface area contributed by atoms with Gasteiger partial charge in [0.05, 0.1) is 5.56 Å². The van der Waals surface area contributed by atoms with E-state index in [1.54, 1.807) is 0 Å². The summed E-state index contributed by atoms with van der Waals surface area (Å²) in [6.45, 7) is 6.44. The molecule has 2 heterocycles. The first-order valence-corrected chi connectivity index (χ1v) is 10.3. The first-order chi connectivity index (χ1) is 13.8. The lowest BCUT2D eigenvalue weighted by Gasteiger charge is -2.33. The van der Waals surface area contributed by atoms with Gasteiger partial charge >= 0.3 is 0 Å². The lowest BCUT2D eigenvalue weighted by atomic mass is 9.71. The van der Waals surface area contributed by atoms with Gasteiger partial charge in [-0.05, 0) is 55.8 Å². The average Bonchev–Trinajstić information content (AvgIpc) is 3.08. The zero-order valence-corrected chi connectivity index (χ0v) is 17.2. The molecule has 29 heavy (non-hydrogen) atoms. The number of hydrogen-bond donors (Lipinski definition) is 2. The molecule has 1 saturated heterocycles. The molecular formula is C24H27N3O2. The van der Waals surface area contributed by atoms with Gasteiger partial charge in [0, 0.05) is 46.4 Å². The van der Waals surface area contributed by atoms with Gasteiger partial charge in [-0.1, -0.05) is 19.9 Å². The molecule has 5 rings (SSSR count). The highest BCUT2D eigenvalue weighted by Gasteiger charge is 2.40. The Morgan fingerprint density at radius 3 is 2.66 bits per heavy atom. The van der Waals surface area contributed by atoms with Crippen molar-refractivity contribution in [1.29, 1.82) is 0 Å². The Bertz CT molecular complexity index is 1120. The fourth-order valence-electron chi connectivity index (χ4n) is 4.80. The number of ether oxygens (including phenoxy) is 1. The van der Waals surface area contributed by atoms with Gasteiger partial charge in [0.2, 0.25) is 0 Å². The van der Waals surface area contributed by atoms with Gasteiger partial charge in [0.1, 0.15) is 11.9 Å². The van der Waals surface area contributed by atoms with E-state index < -0.39 is 0 Å². The van der Waals surface area contributed by atoms with E-state index in [-0.39, 0.29) is 17.3 Å². The number of benzene rings is 2. The number of ketones is 1. The number of carbonyl (C=O) groups is 1. The van der Waals surface area contributed by atoms with E-state index in [1.807, 2.05) is 30.3 Å². The molecule has 5 nitrogen and oxygen atoms in total. The SMILES string of the molecule is CN1CCC(Oc2ccc3c(c2)C(C)(C)c2[nH]c4cc(N)ccc4c2C3=O)CC1. The molecule has 0 amide bonds. The zero-order valence-electron chi connectivity index (χ0n) is 17.2. The number of nitrogens with two attached hydrogens (primary N) is 1. The number of likely N-dealkylation sites (tertiary alicyclic amines) is 1. The normalized spacial score (nSPS) is 19.2. The van der Waals surface area contributed by atoms with Crippen LogP contribution in [0.3, 0.4) is 0 Å². The third-order valence-corrected chi connectivity index (χ3v) is 6.55. The number of aromatic nitrogens is 1. The van der Waals surface area contributed by atoms with E-state index in [9.17, 15) is 4.79 Å². The third-order valence-electron chi connectivity index (χ3n) is 6.55. The minimum absolute atomic E-state index is 0.0659. The van der Waals surface area contributed by atoms with Crippen molar-refractivity contribution in [2.24, 2.45) is 0 Å². The molecule has 1 aromatic heterocycles. The molecule has 2 aromatic carbocycles. The molecule has 2 aliphatic rings. The minimum atomic E-state index is -0.335. The van der Waals surface area contributed by atoms with Crippen LogP contribution >= 0.6 is 0 Å². The predicted molar refractivity (Wildman–Crippen MR) is 116 cm³/mol. The Labute approximate surface area is 170 Å². The van der Waals surface area contributed by atoms with Gasteiger partial charge in [0.15, 0.2) is 5.78 Å². The lowest BCUT2D eigenvalue weighted by molar-refractivity contribution is 0.103. The molecule has 1 fully saturated rings. The molecule has 1 aliphatic heterocycles. The molecule has 0 unspecified atom stereocenters. The molecular weight excluding hydrogens is 362 g/mol. The van der Waals surface area contributed by atoms with Crippen molar-refractivity contribution < 1.29 is 9.53 Å². The predicted octanol–water partition coefficient (Wildman–Crippen LogP) is 4.09. The van der Waals surface area contributed by atoms with Crippen molar-refractivity contribution in [3.05, 3.63) is 58.8 Å². The maximum absolute atomic E-state index is 13.4. The number of anilines is 1. The quantitative estimate of drug-likeness (QED) is 0.648. The van der Waals surface area contributed by atoms with Crippen molar-refractivity contribution in [2.45, 2.75) is 38.2 Å².